The number of hydrogen-bond acceptors (Lipinski definition) is 4. The van der Waals surface area contributed by atoms with Gasteiger partial charge in [0, 0.05) is 12.2 Å². The standard InChI is InChI=1S/C13H18N4O/c1-4-17-13(15-9-16-17)8-14-11-5-6-12(18-3)10(2)7-11/h5-7,9,14H,4,8H2,1-3H3. The van der Waals surface area contributed by atoms with Gasteiger partial charge in [0.25, 0.3) is 0 Å². The van der Waals surface area contributed by atoms with E-state index < -0.39 is 0 Å². The summed E-state index contributed by atoms with van der Waals surface area (Å²) in [6.45, 7) is 5.58. The van der Waals surface area contributed by atoms with Crippen LogP contribution in [0.4, 0.5) is 5.69 Å². The third-order valence-electron chi connectivity index (χ3n) is 2.84. The molecule has 0 aliphatic carbocycles. The lowest BCUT2D eigenvalue weighted by Gasteiger charge is -2.10. The number of anilines is 1. The van der Waals surface area contributed by atoms with E-state index in [4.69, 9.17) is 4.74 Å². The lowest BCUT2D eigenvalue weighted by molar-refractivity contribution is 0.412. The van der Waals surface area contributed by atoms with Crippen LogP contribution in [0.3, 0.4) is 0 Å². The van der Waals surface area contributed by atoms with Crippen LogP contribution in [-0.2, 0) is 13.1 Å². The highest BCUT2D eigenvalue weighted by molar-refractivity contribution is 5.50. The Morgan fingerprint density at radius 1 is 1.39 bits per heavy atom. The van der Waals surface area contributed by atoms with E-state index in [-0.39, 0.29) is 0 Å². The SMILES string of the molecule is CCn1ncnc1CNc1ccc(OC)c(C)c1. The van der Waals surface area contributed by atoms with E-state index in [1.807, 2.05) is 23.7 Å². The fourth-order valence-electron chi connectivity index (χ4n) is 1.86. The third-order valence-corrected chi connectivity index (χ3v) is 2.84. The van der Waals surface area contributed by atoms with Gasteiger partial charge in [0.2, 0.25) is 0 Å². The van der Waals surface area contributed by atoms with E-state index in [2.05, 4.69) is 28.4 Å². The predicted octanol–water partition coefficient (Wildman–Crippen LogP) is 2.23. The van der Waals surface area contributed by atoms with Crippen molar-refractivity contribution in [3.05, 3.63) is 35.9 Å². The van der Waals surface area contributed by atoms with Crippen molar-refractivity contribution in [3.8, 4) is 5.75 Å². The van der Waals surface area contributed by atoms with Crippen LogP contribution in [0.2, 0.25) is 0 Å². The minimum absolute atomic E-state index is 0.666. The largest absolute Gasteiger partial charge is 0.496 e. The number of hydrogen-bond donors (Lipinski definition) is 1. The zero-order valence-corrected chi connectivity index (χ0v) is 11.0. The summed E-state index contributed by atoms with van der Waals surface area (Å²) in [5.41, 5.74) is 2.17. The van der Waals surface area contributed by atoms with Crippen molar-refractivity contribution in [1.82, 2.24) is 14.8 Å². The van der Waals surface area contributed by atoms with Crippen molar-refractivity contribution in [1.29, 1.82) is 0 Å². The van der Waals surface area contributed by atoms with Gasteiger partial charge in [0.05, 0.1) is 13.7 Å². The summed E-state index contributed by atoms with van der Waals surface area (Å²) < 4.78 is 7.11. The molecule has 0 amide bonds. The topological polar surface area (TPSA) is 52.0 Å². The first-order valence-corrected chi connectivity index (χ1v) is 5.99. The summed E-state index contributed by atoms with van der Waals surface area (Å²) in [4.78, 5) is 4.22. The van der Waals surface area contributed by atoms with Gasteiger partial charge in [-0.25, -0.2) is 9.67 Å². The number of ether oxygens (including phenoxy) is 1. The molecule has 0 fully saturated rings. The number of aromatic nitrogens is 3. The third kappa shape index (κ3) is 2.61. The van der Waals surface area contributed by atoms with Crippen molar-refractivity contribution >= 4 is 5.69 Å². The number of nitrogens with zero attached hydrogens (tertiary/aromatic N) is 3. The maximum Gasteiger partial charge on any atom is 0.146 e. The molecule has 2 rings (SSSR count). The zero-order chi connectivity index (χ0) is 13.0. The van der Waals surface area contributed by atoms with E-state index in [1.165, 1.54) is 0 Å². The summed E-state index contributed by atoms with van der Waals surface area (Å²) in [6, 6.07) is 6.02. The molecule has 1 aromatic carbocycles. The van der Waals surface area contributed by atoms with Gasteiger partial charge >= 0.3 is 0 Å². The molecule has 2 aromatic rings. The van der Waals surface area contributed by atoms with Crippen molar-refractivity contribution in [2.75, 3.05) is 12.4 Å². The van der Waals surface area contributed by atoms with E-state index in [0.717, 1.165) is 29.4 Å². The lowest BCUT2D eigenvalue weighted by atomic mass is 10.2. The molecular weight excluding hydrogens is 228 g/mol. The molecule has 0 spiro atoms. The predicted molar refractivity (Wildman–Crippen MR) is 70.8 cm³/mol. The normalized spacial score (nSPS) is 10.4. The molecule has 0 bridgehead atoms. The second-order valence-corrected chi connectivity index (χ2v) is 4.03. The monoisotopic (exact) mass is 246 g/mol. The Kier molecular flexibility index (Phi) is 3.82. The maximum absolute atomic E-state index is 5.23. The molecule has 1 aromatic heterocycles. The molecule has 96 valence electrons. The van der Waals surface area contributed by atoms with Crippen molar-refractivity contribution < 1.29 is 4.74 Å². The first-order valence-electron chi connectivity index (χ1n) is 5.99. The van der Waals surface area contributed by atoms with Crippen LogP contribution >= 0.6 is 0 Å². The Labute approximate surface area is 107 Å². The molecule has 0 aliphatic heterocycles. The van der Waals surface area contributed by atoms with E-state index in [9.17, 15) is 0 Å². The fraction of sp³-hybridized carbons (Fsp3) is 0.385. The van der Waals surface area contributed by atoms with Crippen LogP contribution < -0.4 is 10.1 Å². The molecule has 5 heteroatoms. The fourth-order valence-corrected chi connectivity index (χ4v) is 1.86. The van der Waals surface area contributed by atoms with Crippen LogP contribution in [-0.4, -0.2) is 21.9 Å². The Morgan fingerprint density at radius 3 is 2.89 bits per heavy atom. The molecule has 1 N–H and O–H groups in total. The van der Waals surface area contributed by atoms with Crippen LogP contribution in [0.25, 0.3) is 0 Å². The van der Waals surface area contributed by atoms with E-state index in [0.29, 0.717) is 6.54 Å². The molecule has 5 nitrogen and oxygen atoms in total. The van der Waals surface area contributed by atoms with Crippen LogP contribution in [0.15, 0.2) is 24.5 Å². The van der Waals surface area contributed by atoms with Crippen LogP contribution in [0, 0.1) is 6.92 Å². The molecule has 0 aliphatic rings. The van der Waals surface area contributed by atoms with Gasteiger partial charge in [-0.1, -0.05) is 0 Å². The number of benzene rings is 1. The first-order chi connectivity index (χ1) is 8.74. The van der Waals surface area contributed by atoms with Gasteiger partial charge in [0.15, 0.2) is 0 Å². The Bertz CT molecular complexity index is 521. The van der Waals surface area contributed by atoms with Gasteiger partial charge in [-0.05, 0) is 37.6 Å². The molecule has 0 saturated heterocycles. The molecule has 0 atom stereocenters. The first kappa shape index (κ1) is 12.4. The molecule has 0 saturated carbocycles. The second kappa shape index (κ2) is 5.53. The molecule has 18 heavy (non-hydrogen) atoms. The smallest absolute Gasteiger partial charge is 0.146 e. The highest BCUT2D eigenvalue weighted by atomic mass is 16.5. The zero-order valence-electron chi connectivity index (χ0n) is 11.0. The molecule has 0 radical (unpaired) electrons. The number of rotatable bonds is 5. The highest BCUT2D eigenvalue weighted by Crippen LogP contribution is 2.21. The summed E-state index contributed by atoms with van der Waals surface area (Å²) in [5, 5.41) is 7.47. The quantitative estimate of drug-likeness (QED) is 0.879. The average molecular weight is 246 g/mol. The van der Waals surface area contributed by atoms with Crippen molar-refractivity contribution in [3.63, 3.8) is 0 Å². The summed E-state index contributed by atoms with van der Waals surface area (Å²) in [6.07, 6.45) is 1.58. The average Bonchev–Trinajstić information content (AvgIpc) is 2.84. The number of nitrogens with one attached hydrogen (secondary N) is 1. The Hall–Kier alpha value is -2.04. The summed E-state index contributed by atoms with van der Waals surface area (Å²) >= 11 is 0. The van der Waals surface area contributed by atoms with E-state index >= 15 is 0 Å². The van der Waals surface area contributed by atoms with Gasteiger partial charge in [-0.2, -0.15) is 5.10 Å². The highest BCUT2D eigenvalue weighted by Gasteiger charge is 2.03. The molecular formula is C13H18N4O. The van der Waals surface area contributed by atoms with Crippen molar-refractivity contribution in [2.45, 2.75) is 26.9 Å². The van der Waals surface area contributed by atoms with Gasteiger partial charge in [0.1, 0.15) is 17.9 Å². The molecule has 0 unspecified atom stereocenters. The Morgan fingerprint density at radius 2 is 2.22 bits per heavy atom. The molecule has 1 heterocycles. The Balaban J connectivity index is 2.04. The van der Waals surface area contributed by atoms with Gasteiger partial charge < -0.3 is 10.1 Å². The number of methoxy groups -OCH3 is 1. The van der Waals surface area contributed by atoms with Crippen LogP contribution in [0.5, 0.6) is 5.75 Å². The number of aryl methyl sites for hydroxylation is 2. The van der Waals surface area contributed by atoms with Crippen LogP contribution in [0.1, 0.15) is 18.3 Å². The van der Waals surface area contributed by atoms with Gasteiger partial charge in [-0.15, -0.1) is 0 Å². The lowest BCUT2D eigenvalue weighted by Crippen LogP contribution is -2.09. The van der Waals surface area contributed by atoms with Crippen molar-refractivity contribution in [2.24, 2.45) is 0 Å². The summed E-state index contributed by atoms with van der Waals surface area (Å²) in [7, 11) is 1.68. The minimum atomic E-state index is 0.666. The maximum atomic E-state index is 5.23. The second-order valence-electron chi connectivity index (χ2n) is 4.03. The summed E-state index contributed by atoms with van der Waals surface area (Å²) in [5.74, 6) is 1.84. The van der Waals surface area contributed by atoms with E-state index in [1.54, 1.807) is 13.4 Å². The van der Waals surface area contributed by atoms with Gasteiger partial charge in [-0.3, -0.25) is 0 Å². The minimum Gasteiger partial charge on any atom is -0.496 e.